The number of hydrogen-bond acceptors (Lipinski definition) is 2. The Morgan fingerprint density at radius 1 is 0.861 bits per heavy atom. The Labute approximate surface area is 206 Å². The fraction of sp³-hybridized carbons (Fsp3) is 0.233. The fourth-order valence-electron chi connectivity index (χ4n) is 5.62. The van der Waals surface area contributed by atoms with Gasteiger partial charge in [0.2, 0.25) is 0 Å². The molecule has 0 spiro atoms. The number of benzene rings is 4. The summed E-state index contributed by atoms with van der Waals surface area (Å²) >= 11 is 0. The van der Waals surface area contributed by atoms with Gasteiger partial charge in [-0.1, -0.05) is 48.5 Å². The highest BCUT2D eigenvalue weighted by Gasteiger charge is 2.45. The number of fused-ring (bicyclic) bond motifs is 2. The third-order valence-corrected chi connectivity index (χ3v) is 7.61. The molecule has 0 unspecified atom stereocenters. The predicted molar refractivity (Wildman–Crippen MR) is 134 cm³/mol. The second-order valence-corrected chi connectivity index (χ2v) is 9.82. The van der Waals surface area contributed by atoms with E-state index in [2.05, 4.69) is 29.6 Å². The summed E-state index contributed by atoms with van der Waals surface area (Å²) in [6, 6.07) is 23.0. The van der Waals surface area contributed by atoms with E-state index in [4.69, 9.17) is 0 Å². The summed E-state index contributed by atoms with van der Waals surface area (Å²) in [5.74, 6) is 0.257. The van der Waals surface area contributed by atoms with Gasteiger partial charge >= 0.3 is 12.1 Å². The normalized spacial score (nSPS) is 21.2. The molecule has 36 heavy (non-hydrogen) atoms. The van der Waals surface area contributed by atoms with Gasteiger partial charge in [-0.3, -0.25) is 0 Å². The molecule has 0 bridgehead atoms. The van der Waals surface area contributed by atoms with Gasteiger partial charge in [-0.05, 0) is 100 Å². The van der Waals surface area contributed by atoms with E-state index < -0.39 is 17.7 Å². The molecule has 0 radical (unpaired) electrons. The molecule has 0 aromatic heterocycles. The highest BCUT2D eigenvalue weighted by atomic mass is 19.4. The van der Waals surface area contributed by atoms with Gasteiger partial charge in [0.05, 0.1) is 11.1 Å². The zero-order valence-electron chi connectivity index (χ0n) is 19.3. The molecule has 2 fully saturated rings. The van der Waals surface area contributed by atoms with Gasteiger partial charge in [-0.25, -0.2) is 4.79 Å². The van der Waals surface area contributed by atoms with Gasteiger partial charge < -0.3 is 10.4 Å². The lowest BCUT2D eigenvalue weighted by atomic mass is 9.87. The molecule has 1 saturated heterocycles. The molecule has 182 valence electrons. The molecule has 1 heterocycles. The Morgan fingerprint density at radius 2 is 1.56 bits per heavy atom. The zero-order valence-corrected chi connectivity index (χ0v) is 19.3. The number of aromatic carboxylic acids is 1. The van der Waals surface area contributed by atoms with Crippen LogP contribution in [-0.4, -0.2) is 23.7 Å². The topological polar surface area (TPSA) is 49.3 Å². The van der Waals surface area contributed by atoms with E-state index in [-0.39, 0.29) is 5.56 Å². The van der Waals surface area contributed by atoms with Crippen LogP contribution in [0.15, 0.2) is 78.9 Å². The molecular weight excluding hydrogens is 463 g/mol. The minimum absolute atomic E-state index is 0.172. The van der Waals surface area contributed by atoms with Crippen LogP contribution in [0.5, 0.6) is 0 Å². The molecule has 2 aliphatic rings. The molecule has 6 heteroatoms. The first-order valence-corrected chi connectivity index (χ1v) is 12.1. The molecule has 1 aliphatic heterocycles. The maximum absolute atomic E-state index is 12.9. The maximum Gasteiger partial charge on any atom is 0.416 e. The summed E-state index contributed by atoms with van der Waals surface area (Å²) in [5.41, 5.74) is 3.93. The van der Waals surface area contributed by atoms with Crippen LogP contribution in [0.4, 0.5) is 13.2 Å². The number of carboxylic acid groups (broad SMARTS) is 1. The molecule has 2 N–H and O–H groups in total. The summed E-state index contributed by atoms with van der Waals surface area (Å²) in [5, 5.41) is 14.9. The van der Waals surface area contributed by atoms with Crippen molar-refractivity contribution in [2.45, 2.75) is 31.0 Å². The standard InChI is InChI=1S/C30H24F3NO2/c31-30(32,33)23-8-5-17(6-9-23)20-7-10-24-21(13-20)14-22(29(35)36)15-26(24)19-3-1-18(2-4-19)25-11-12-34-28-16-27(25)28/h1-10,13-15,25,27-28,34H,11-12,16H2,(H,35,36)/t25-,27-,28-/m0/s1. The Hall–Kier alpha value is -3.64. The van der Waals surface area contributed by atoms with Crippen LogP contribution in [-0.2, 0) is 6.18 Å². The average Bonchev–Trinajstić information content (AvgIpc) is 3.67. The average molecular weight is 488 g/mol. The Kier molecular flexibility index (Phi) is 5.38. The Bertz CT molecular complexity index is 1460. The fourth-order valence-corrected chi connectivity index (χ4v) is 5.62. The van der Waals surface area contributed by atoms with Crippen molar-refractivity contribution in [1.82, 2.24) is 5.32 Å². The van der Waals surface area contributed by atoms with Crippen molar-refractivity contribution in [2.24, 2.45) is 5.92 Å². The van der Waals surface area contributed by atoms with Crippen LogP contribution in [0, 0.1) is 5.92 Å². The quantitative estimate of drug-likeness (QED) is 0.316. The lowest BCUT2D eigenvalue weighted by Crippen LogP contribution is -2.28. The number of hydrogen-bond donors (Lipinski definition) is 2. The first-order valence-electron chi connectivity index (χ1n) is 12.1. The lowest BCUT2D eigenvalue weighted by molar-refractivity contribution is -0.137. The summed E-state index contributed by atoms with van der Waals surface area (Å²) in [6.07, 6.45) is -2.03. The number of alkyl halides is 3. The van der Waals surface area contributed by atoms with Gasteiger partial charge in [-0.15, -0.1) is 0 Å². The minimum Gasteiger partial charge on any atom is -0.478 e. The van der Waals surface area contributed by atoms with Crippen LogP contribution < -0.4 is 5.32 Å². The van der Waals surface area contributed by atoms with Crippen LogP contribution >= 0.6 is 0 Å². The van der Waals surface area contributed by atoms with E-state index in [1.807, 2.05) is 18.2 Å². The Balaban J connectivity index is 1.38. The second-order valence-electron chi connectivity index (χ2n) is 9.82. The van der Waals surface area contributed by atoms with Gasteiger partial charge in [0.1, 0.15) is 0 Å². The molecule has 6 rings (SSSR count). The first kappa shape index (κ1) is 22.8. The van der Waals surface area contributed by atoms with Gasteiger partial charge in [0.25, 0.3) is 0 Å². The number of rotatable bonds is 4. The third-order valence-electron chi connectivity index (χ3n) is 7.61. The van der Waals surface area contributed by atoms with Gasteiger partial charge in [0.15, 0.2) is 0 Å². The highest BCUT2D eigenvalue weighted by molar-refractivity contribution is 6.04. The molecule has 0 amide bonds. The largest absolute Gasteiger partial charge is 0.478 e. The van der Waals surface area contributed by atoms with Crippen molar-refractivity contribution < 1.29 is 23.1 Å². The molecule has 3 atom stereocenters. The smallest absolute Gasteiger partial charge is 0.416 e. The number of carbonyl (C=O) groups is 1. The van der Waals surface area contributed by atoms with E-state index in [0.717, 1.165) is 52.6 Å². The zero-order chi connectivity index (χ0) is 25.0. The van der Waals surface area contributed by atoms with E-state index in [1.54, 1.807) is 12.1 Å². The van der Waals surface area contributed by atoms with Crippen molar-refractivity contribution in [3.05, 3.63) is 95.6 Å². The van der Waals surface area contributed by atoms with Crippen LogP contribution in [0.3, 0.4) is 0 Å². The number of carboxylic acids is 1. The number of nitrogens with one attached hydrogen (secondary N) is 1. The van der Waals surface area contributed by atoms with Gasteiger partial charge in [-0.2, -0.15) is 13.2 Å². The maximum atomic E-state index is 12.9. The molecular formula is C30H24F3NO2. The van der Waals surface area contributed by atoms with Crippen molar-refractivity contribution in [3.8, 4) is 22.3 Å². The van der Waals surface area contributed by atoms with Crippen LogP contribution in [0.25, 0.3) is 33.0 Å². The Morgan fingerprint density at radius 3 is 2.25 bits per heavy atom. The number of piperidine rings is 1. The summed E-state index contributed by atoms with van der Waals surface area (Å²) in [6.45, 7) is 1.04. The van der Waals surface area contributed by atoms with Gasteiger partial charge in [0, 0.05) is 6.04 Å². The second kappa shape index (κ2) is 8.49. The molecule has 1 aliphatic carbocycles. The van der Waals surface area contributed by atoms with Crippen molar-refractivity contribution in [3.63, 3.8) is 0 Å². The van der Waals surface area contributed by atoms with Crippen molar-refractivity contribution in [1.29, 1.82) is 0 Å². The molecule has 1 saturated carbocycles. The summed E-state index contributed by atoms with van der Waals surface area (Å²) in [4.78, 5) is 11.9. The lowest BCUT2D eigenvalue weighted by Gasteiger charge is -2.23. The van der Waals surface area contributed by atoms with Crippen molar-refractivity contribution in [2.75, 3.05) is 6.54 Å². The predicted octanol–water partition coefficient (Wildman–Crippen LogP) is 7.36. The SMILES string of the molecule is O=C(O)c1cc(-c2ccc([C@@H]3CCN[C@H]4C[C@H]43)cc2)c2ccc(-c3ccc(C(F)(F)F)cc3)cc2c1. The molecule has 4 aromatic carbocycles. The molecule has 4 aromatic rings. The highest BCUT2D eigenvalue weighted by Crippen LogP contribution is 2.47. The van der Waals surface area contributed by atoms with E-state index in [1.165, 1.54) is 24.1 Å². The van der Waals surface area contributed by atoms with E-state index in [9.17, 15) is 23.1 Å². The van der Waals surface area contributed by atoms with E-state index in [0.29, 0.717) is 23.4 Å². The number of halogens is 3. The summed E-state index contributed by atoms with van der Waals surface area (Å²) in [7, 11) is 0. The van der Waals surface area contributed by atoms with E-state index >= 15 is 0 Å². The minimum atomic E-state index is -4.39. The summed E-state index contributed by atoms with van der Waals surface area (Å²) < 4.78 is 38.8. The van der Waals surface area contributed by atoms with Crippen LogP contribution in [0.2, 0.25) is 0 Å². The molecule has 3 nitrogen and oxygen atoms in total. The third kappa shape index (κ3) is 4.16. The van der Waals surface area contributed by atoms with Crippen molar-refractivity contribution >= 4 is 16.7 Å². The van der Waals surface area contributed by atoms with Crippen LogP contribution in [0.1, 0.15) is 40.2 Å². The first-order chi connectivity index (χ1) is 17.3. The monoisotopic (exact) mass is 487 g/mol.